The number of hydrogen-bond acceptors (Lipinski definition) is 6. The van der Waals surface area contributed by atoms with Gasteiger partial charge < -0.3 is 10.5 Å². The summed E-state index contributed by atoms with van der Waals surface area (Å²) in [4.78, 5) is 27.0. The van der Waals surface area contributed by atoms with Crippen LogP contribution in [-0.4, -0.2) is 23.3 Å². The number of esters is 1. The van der Waals surface area contributed by atoms with E-state index in [0.29, 0.717) is 4.47 Å². The summed E-state index contributed by atoms with van der Waals surface area (Å²) in [6, 6.07) is 3.18. The number of carbonyl (C=O) groups excluding carboxylic acids is 2. The normalized spacial score (nSPS) is 11.2. The average Bonchev–Trinajstić information content (AvgIpc) is 2.36. The summed E-state index contributed by atoms with van der Waals surface area (Å²) in [7, 11) is 0. The number of Topliss-reactive ketones (excluding diaryl/α,β-unsaturated/α-hetero) is 1. The van der Waals surface area contributed by atoms with Gasteiger partial charge in [-0.15, -0.1) is 0 Å². The highest BCUT2D eigenvalue weighted by Gasteiger charge is 2.15. The molecule has 0 saturated carbocycles. The molecule has 0 atom stereocenters. The lowest BCUT2D eigenvalue weighted by atomic mass is 10.1. The fourth-order valence-corrected chi connectivity index (χ4v) is 1.55. The van der Waals surface area contributed by atoms with E-state index in [4.69, 9.17) is 15.7 Å². The molecular formula is C12H10BrN3O3. The van der Waals surface area contributed by atoms with Crippen molar-refractivity contribution in [2.75, 3.05) is 6.61 Å². The van der Waals surface area contributed by atoms with E-state index in [0.717, 1.165) is 0 Å². The van der Waals surface area contributed by atoms with Gasteiger partial charge in [-0.25, -0.2) is 4.79 Å². The predicted molar refractivity (Wildman–Crippen MR) is 69.7 cm³/mol. The van der Waals surface area contributed by atoms with Crippen LogP contribution < -0.4 is 5.73 Å². The number of halogens is 1. The number of nitrogens with zero attached hydrogens (tertiary/aromatic N) is 2. The van der Waals surface area contributed by atoms with Gasteiger partial charge in [-0.2, -0.15) is 5.26 Å². The molecule has 0 spiro atoms. The summed E-state index contributed by atoms with van der Waals surface area (Å²) in [6.45, 7) is 0.888. The number of rotatable bonds is 4. The molecule has 1 rings (SSSR count). The van der Waals surface area contributed by atoms with Gasteiger partial charge >= 0.3 is 5.97 Å². The van der Waals surface area contributed by atoms with Crippen LogP contribution in [0.2, 0.25) is 0 Å². The maximum Gasteiger partial charge on any atom is 0.340 e. The zero-order valence-electron chi connectivity index (χ0n) is 10.0. The number of ketones is 1. The van der Waals surface area contributed by atoms with Crippen LogP contribution >= 0.6 is 15.9 Å². The lowest BCUT2D eigenvalue weighted by molar-refractivity contribution is -0.118. The van der Waals surface area contributed by atoms with E-state index in [1.54, 1.807) is 6.07 Å². The molecule has 0 amide bonds. The van der Waals surface area contributed by atoms with Gasteiger partial charge in [-0.1, -0.05) is 0 Å². The molecule has 2 N–H and O–H groups in total. The Morgan fingerprint density at radius 2 is 2.21 bits per heavy atom. The number of ether oxygens (including phenoxy) is 1. The first-order valence-electron chi connectivity index (χ1n) is 5.13. The highest BCUT2D eigenvalue weighted by atomic mass is 79.9. The molecule has 0 unspecified atom stereocenters. The average molecular weight is 324 g/mol. The van der Waals surface area contributed by atoms with Crippen LogP contribution in [0.25, 0.3) is 0 Å². The number of nitriles is 1. The third-order valence-electron chi connectivity index (χ3n) is 2.06. The minimum atomic E-state index is -0.700. The number of nitrogens with two attached hydrogens (primary N) is 1. The topological polar surface area (TPSA) is 106 Å². The van der Waals surface area contributed by atoms with Crippen LogP contribution in [0.4, 0.5) is 0 Å². The van der Waals surface area contributed by atoms with E-state index in [1.165, 1.54) is 25.4 Å². The third kappa shape index (κ3) is 4.19. The van der Waals surface area contributed by atoms with Gasteiger partial charge in [0.1, 0.15) is 11.6 Å². The van der Waals surface area contributed by atoms with E-state index < -0.39 is 18.4 Å². The van der Waals surface area contributed by atoms with Gasteiger partial charge in [0.15, 0.2) is 6.61 Å². The van der Waals surface area contributed by atoms with Gasteiger partial charge in [0, 0.05) is 22.6 Å². The van der Waals surface area contributed by atoms with E-state index in [2.05, 4.69) is 20.9 Å². The molecule has 6 nitrogen and oxygen atoms in total. The van der Waals surface area contributed by atoms with Crippen molar-refractivity contribution in [2.45, 2.75) is 6.92 Å². The maximum atomic E-state index is 11.6. The second-order valence-electron chi connectivity index (χ2n) is 3.56. The van der Waals surface area contributed by atoms with Crippen LogP contribution in [0.15, 0.2) is 34.2 Å². The lowest BCUT2D eigenvalue weighted by Gasteiger charge is -2.04. The van der Waals surface area contributed by atoms with Crippen molar-refractivity contribution in [1.29, 1.82) is 5.26 Å². The summed E-state index contributed by atoms with van der Waals surface area (Å²) >= 11 is 3.16. The molecule has 1 heterocycles. The van der Waals surface area contributed by atoms with Crippen LogP contribution in [-0.2, 0) is 9.53 Å². The van der Waals surface area contributed by atoms with Crippen molar-refractivity contribution in [3.05, 3.63) is 39.8 Å². The predicted octanol–water partition coefficient (Wildman–Crippen LogP) is 1.33. The first-order valence-corrected chi connectivity index (χ1v) is 5.92. The van der Waals surface area contributed by atoms with Crippen LogP contribution in [0.5, 0.6) is 0 Å². The molecule has 7 heteroatoms. The second-order valence-corrected chi connectivity index (χ2v) is 4.48. The first-order chi connectivity index (χ1) is 8.95. The molecule has 0 aliphatic carbocycles. The number of hydrogen-bond donors (Lipinski definition) is 1. The second kappa shape index (κ2) is 6.66. The Morgan fingerprint density at radius 3 is 2.74 bits per heavy atom. The minimum absolute atomic E-state index is 0.0904. The van der Waals surface area contributed by atoms with Crippen molar-refractivity contribution in [3.8, 4) is 6.07 Å². The summed E-state index contributed by atoms with van der Waals surface area (Å²) < 4.78 is 5.40. The van der Waals surface area contributed by atoms with Crippen molar-refractivity contribution in [2.24, 2.45) is 5.73 Å². The Hall–Kier alpha value is -2.20. The lowest BCUT2D eigenvalue weighted by Crippen LogP contribution is -2.17. The quantitative estimate of drug-likeness (QED) is 0.509. The maximum absolute atomic E-state index is 11.6. The van der Waals surface area contributed by atoms with Crippen LogP contribution in [0.1, 0.15) is 17.3 Å². The number of allylic oxidation sites excluding steroid dienone is 1. The molecule has 0 fully saturated rings. The Labute approximate surface area is 118 Å². The highest BCUT2D eigenvalue weighted by Crippen LogP contribution is 2.10. The molecule has 0 bridgehead atoms. The number of aromatic nitrogens is 1. The third-order valence-corrected chi connectivity index (χ3v) is 2.49. The molecule has 0 aromatic carbocycles. The molecule has 1 aromatic rings. The van der Waals surface area contributed by atoms with Gasteiger partial charge in [0.2, 0.25) is 5.78 Å². The zero-order chi connectivity index (χ0) is 14.4. The van der Waals surface area contributed by atoms with Crippen molar-refractivity contribution in [3.63, 3.8) is 0 Å². The Morgan fingerprint density at radius 1 is 1.53 bits per heavy atom. The Bertz CT molecular complexity index is 586. The van der Waals surface area contributed by atoms with Gasteiger partial charge in [-0.3, -0.25) is 9.78 Å². The van der Waals surface area contributed by atoms with Gasteiger partial charge in [0.05, 0.1) is 5.56 Å². The Balaban J connectivity index is 2.69. The number of pyridine rings is 1. The summed E-state index contributed by atoms with van der Waals surface area (Å²) in [5.41, 5.74) is 5.45. The van der Waals surface area contributed by atoms with Crippen LogP contribution in [0, 0.1) is 11.3 Å². The summed E-state index contributed by atoms with van der Waals surface area (Å²) in [5, 5.41) is 8.72. The monoisotopic (exact) mass is 323 g/mol. The smallest absolute Gasteiger partial charge is 0.340 e. The fourth-order valence-electron chi connectivity index (χ4n) is 1.18. The van der Waals surface area contributed by atoms with Crippen LogP contribution in [0.3, 0.4) is 0 Å². The van der Waals surface area contributed by atoms with Crippen molar-refractivity contribution in [1.82, 2.24) is 4.98 Å². The number of carbonyl (C=O) groups is 2. The molecule has 0 aliphatic heterocycles. The summed E-state index contributed by atoms with van der Waals surface area (Å²) in [5.74, 6) is -1.34. The SMILES string of the molecule is C/C(N)=C(/C#N)C(=O)COC(=O)c1cncc(Br)c1. The molecule has 1 aromatic heterocycles. The standard InChI is InChI=1S/C12H10BrN3O3/c1-7(15)10(3-14)11(17)6-19-12(18)8-2-9(13)5-16-4-8/h2,4-5H,6,15H2,1H3/b10-7+. The molecule has 98 valence electrons. The molecular weight excluding hydrogens is 314 g/mol. The van der Waals surface area contributed by atoms with Crippen molar-refractivity contribution < 1.29 is 14.3 Å². The van der Waals surface area contributed by atoms with E-state index in [-0.39, 0.29) is 16.8 Å². The summed E-state index contributed by atoms with van der Waals surface area (Å²) in [6.07, 6.45) is 2.82. The largest absolute Gasteiger partial charge is 0.454 e. The molecule has 0 aliphatic rings. The fraction of sp³-hybridized carbons (Fsp3) is 0.167. The van der Waals surface area contributed by atoms with Gasteiger partial charge in [0.25, 0.3) is 0 Å². The molecule has 0 radical (unpaired) electrons. The highest BCUT2D eigenvalue weighted by molar-refractivity contribution is 9.10. The van der Waals surface area contributed by atoms with Crippen molar-refractivity contribution >= 4 is 27.7 Å². The van der Waals surface area contributed by atoms with Gasteiger partial charge in [-0.05, 0) is 28.9 Å². The first kappa shape index (κ1) is 14.9. The Kier molecular flexibility index (Phi) is 5.21. The van der Waals surface area contributed by atoms with E-state index in [9.17, 15) is 9.59 Å². The molecule has 19 heavy (non-hydrogen) atoms. The van der Waals surface area contributed by atoms with E-state index in [1.807, 2.05) is 0 Å². The molecule has 0 saturated heterocycles. The zero-order valence-corrected chi connectivity index (χ0v) is 11.6. The minimum Gasteiger partial charge on any atom is -0.454 e. The van der Waals surface area contributed by atoms with E-state index >= 15 is 0 Å².